The zero-order valence-corrected chi connectivity index (χ0v) is 24.3. The van der Waals surface area contributed by atoms with Crippen LogP contribution in [0.2, 0.25) is 0 Å². The minimum absolute atomic E-state index is 0.0545. The van der Waals surface area contributed by atoms with E-state index >= 15 is 0 Å². The third kappa shape index (κ3) is 4.39. The van der Waals surface area contributed by atoms with E-state index in [1.165, 1.54) is 4.88 Å². The minimum Gasteiger partial charge on any atom is -0.392 e. The van der Waals surface area contributed by atoms with Crippen molar-refractivity contribution in [2.75, 3.05) is 0 Å². The molecule has 0 spiro atoms. The van der Waals surface area contributed by atoms with Gasteiger partial charge in [-0.3, -0.25) is 9.59 Å². The molecular formula is C30H40BrNO3S. The highest BCUT2D eigenvalue weighted by Crippen LogP contribution is 2.67. The molecule has 36 heavy (non-hydrogen) atoms. The molecule has 3 fully saturated rings. The van der Waals surface area contributed by atoms with Crippen molar-refractivity contribution < 1.29 is 14.7 Å². The molecule has 0 aromatic carbocycles. The first-order chi connectivity index (χ1) is 17.1. The maximum Gasteiger partial charge on any atom is 0.220 e. The maximum atomic E-state index is 13.1. The molecule has 0 saturated heterocycles. The summed E-state index contributed by atoms with van der Waals surface area (Å²) in [6, 6.07) is 4.22. The summed E-state index contributed by atoms with van der Waals surface area (Å²) in [6.07, 6.45) is 11.8. The van der Waals surface area contributed by atoms with E-state index in [1.807, 2.05) is 6.07 Å². The highest BCUT2D eigenvalue weighted by molar-refractivity contribution is 9.11. The first kappa shape index (κ1) is 26.4. The van der Waals surface area contributed by atoms with Gasteiger partial charge in [-0.25, -0.2) is 0 Å². The van der Waals surface area contributed by atoms with Gasteiger partial charge in [-0.1, -0.05) is 39.3 Å². The number of amides is 1. The Morgan fingerprint density at radius 2 is 2.03 bits per heavy atom. The number of hydrogen-bond acceptors (Lipinski definition) is 4. The van der Waals surface area contributed by atoms with Crippen molar-refractivity contribution in [3.8, 4) is 0 Å². The van der Waals surface area contributed by atoms with Gasteiger partial charge in [0.1, 0.15) is 0 Å². The molecule has 4 nitrogen and oxygen atoms in total. The van der Waals surface area contributed by atoms with E-state index in [-0.39, 0.29) is 40.6 Å². The number of hydrogen-bond donors (Lipinski definition) is 2. The highest BCUT2D eigenvalue weighted by Gasteiger charge is 2.61. The number of aliphatic hydroxyl groups excluding tert-OH is 1. The molecule has 1 aromatic rings. The van der Waals surface area contributed by atoms with Gasteiger partial charge >= 0.3 is 0 Å². The molecule has 1 aromatic heterocycles. The monoisotopic (exact) mass is 573 g/mol. The molecule has 3 saturated carbocycles. The Morgan fingerprint density at radius 1 is 1.25 bits per heavy atom. The lowest BCUT2D eigenvalue weighted by atomic mass is 9.46. The van der Waals surface area contributed by atoms with E-state index in [1.54, 1.807) is 23.5 Å². The second-order valence-electron chi connectivity index (χ2n) is 12.3. The number of aliphatic hydroxyl groups is 1. The van der Waals surface area contributed by atoms with Gasteiger partial charge in [0.2, 0.25) is 5.91 Å². The summed E-state index contributed by atoms with van der Waals surface area (Å²) in [4.78, 5) is 26.4. The van der Waals surface area contributed by atoms with E-state index in [0.29, 0.717) is 36.5 Å². The lowest BCUT2D eigenvalue weighted by molar-refractivity contribution is -0.125. The van der Waals surface area contributed by atoms with Gasteiger partial charge in [0.15, 0.2) is 5.78 Å². The van der Waals surface area contributed by atoms with E-state index in [4.69, 9.17) is 0 Å². The van der Waals surface area contributed by atoms with Crippen LogP contribution in [0, 0.1) is 40.4 Å². The maximum absolute atomic E-state index is 13.1. The summed E-state index contributed by atoms with van der Waals surface area (Å²) in [5, 5.41) is 14.7. The average Bonchev–Trinajstić information content (AvgIpc) is 3.41. The first-order valence-corrected chi connectivity index (χ1v) is 15.3. The van der Waals surface area contributed by atoms with Gasteiger partial charge in [-0.2, -0.15) is 0 Å². The molecule has 0 bridgehead atoms. The Labute approximate surface area is 228 Å². The fourth-order valence-corrected chi connectivity index (χ4v) is 10.3. The van der Waals surface area contributed by atoms with Crippen LogP contribution >= 0.6 is 27.3 Å². The molecule has 5 rings (SSSR count). The summed E-state index contributed by atoms with van der Waals surface area (Å²) < 4.78 is 1.09. The number of carbonyl (C=O) groups excluding carboxylic acids is 2. The molecule has 2 N–H and O–H groups in total. The van der Waals surface area contributed by atoms with Crippen molar-refractivity contribution in [3.05, 3.63) is 44.6 Å². The van der Waals surface area contributed by atoms with Gasteiger partial charge < -0.3 is 10.4 Å². The number of nitrogens with one attached hydrogen (secondary N) is 1. The largest absolute Gasteiger partial charge is 0.392 e. The van der Waals surface area contributed by atoms with Crippen molar-refractivity contribution in [2.45, 2.75) is 84.8 Å². The molecule has 1 heterocycles. The molecular weight excluding hydrogens is 534 g/mol. The smallest absolute Gasteiger partial charge is 0.220 e. The van der Waals surface area contributed by atoms with E-state index in [2.05, 4.69) is 61.1 Å². The lowest BCUT2D eigenvalue weighted by Crippen LogP contribution is -2.55. The first-order valence-electron chi connectivity index (χ1n) is 13.7. The summed E-state index contributed by atoms with van der Waals surface area (Å²) >= 11 is 5.23. The van der Waals surface area contributed by atoms with Gasteiger partial charge in [-0.05, 0) is 114 Å². The number of thiophene rings is 1. The standard InChI is InChI=1S/C30H40BrNO3S/c1-5-23(25-8-9-26(31)36-25)32-27(35)14-17(2)20-6-7-21-28-22(11-13-30(20,21)4)29(3)12-10-19(33)15-18(29)16-24(28)34/h8-10,12,15,17,20-24,28,34H,5-7,11,13-14,16H2,1-4H3,(H,32,35)/t17-,20?,21+,22+,23-,24-,28+,29+,30-/m1/s1. The second-order valence-corrected chi connectivity index (χ2v) is 14.8. The summed E-state index contributed by atoms with van der Waals surface area (Å²) in [7, 11) is 0. The zero-order chi connectivity index (χ0) is 25.8. The van der Waals surface area contributed by atoms with Crippen molar-refractivity contribution >= 4 is 39.0 Å². The summed E-state index contributed by atoms with van der Waals surface area (Å²) in [5.41, 5.74) is 1.15. The topological polar surface area (TPSA) is 66.4 Å². The molecule has 0 aliphatic heterocycles. The van der Waals surface area contributed by atoms with Crippen LogP contribution in [0.4, 0.5) is 0 Å². The molecule has 9 atom stereocenters. The van der Waals surface area contributed by atoms with Crippen molar-refractivity contribution in [2.24, 2.45) is 40.4 Å². The predicted molar refractivity (Wildman–Crippen MR) is 148 cm³/mol. The number of carbonyl (C=O) groups is 2. The molecule has 1 amide bonds. The fraction of sp³-hybridized carbons (Fsp3) is 0.667. The van der Waals surface area contributed by atoms with Gasteiger partial charge in [0, 0.05) is 16.7 Å². The van der Waals surface area contributed by atoms with E-state index in [9.17, 15) is 14.7 Å². The van der Waals surface area contributed by atoms with Crippen LogP contribution in [-0.2, 0) is 9.59 Å². The quantitative estimate of drug-likeness (QED) is 0.385. The normalized spacial score (nSPS) is 39.0. The fourth-order valence-electron chi connectivity index (χ4n) is 8.72. The van der Waals surface area contributed by atoms with Gasteiger partial charge in [0.25, 0.3) is 0 Å². The molecule has 6 heteroatoms. The number of fused-ring (bicyclic) bond motifs is 5. The molecule has 4 aliphatic rings. The third-order valence-corrected chi connectivity index (χ3v) is 12.3. The van der Waals surface area contributed by atoms with E-state index in [0.717, 1.165) is 41.5 Å². The van der Waals surface area contributed by atoms with Gasteiger partial charge in [-0.15, -0.1) is 11.3 Å². The van der Waals surface area contributed by atoms with Crippen LogP contribution in [0.1, 0.15) is 83.6 Å². The molecule has 1 unspecified atom stereocenters. The zero-order valence-electron chi connectivity index (χ0n) is 21.9. The molecule has 4 aliphatic carbocycles. The third-order valence-electron chi connectivity index (χ3n) is 10.5. The SMILES string of the molecule is CC[C@@H](NC(=O)C[C@@H](C)C1CC[C@H]2[C@@H]3[C@H](O)CC4=CC(=O)C=C[C@]4(C)[C@H]3CC[C@]12C)c1ccc(Br)s1. The van der Waals surface area contributed by atoms with Crippen molar-refractivity contribution in [3.63, 3.8) is 0 Å². The Hall–Kier alpha value is -1.24. The van der Waals surface area contributed by atoms with Crippen LogP contribution in [0.3, 0.4) is 0 Å². The number of rotatable bonds is 6. The second kappa shape index (κ2) is 9.81. The van der Waals surface area contributed by atoms with Crippen molar-refractivity contribution in [1.29, 1.82) is 0 Å². The minimum atomic E-state index is -0.383. The molecule has 0 radical (unpaired) electrons. The van der Waals surface area contributed by atoms with Crippen LogP contribution in [0.5, 0.6) is 0 Å². The van der Waals surface area contributed by atoms with Crippen LogP contribution in [0.15, 0.2) is 39.7 Å². The summed E-state index contributed by atoms with van der Waals surface area (Å²) in [6.45, 7) is 9.11. The lowest BCUT2D eigenvalue weighted by Gasteiger charge is -2.58. The van der Waals surface area contributed by atoms with Crippen LogP contribution in [0.25, 0.3) is 0 Å². The number of ketones is 1. The van der Waals surface area contributed by atoms with Crippen LogP contribution in [-0.4, -0.2) is 22.9 Å². The van der Waals surface area contributed by atoms with Crippen molar-refractivity contribution in [1.82, 2.24) is 5.32 Å². The Kier molecular flexibility index (Phi) is 7.19. The summed E-state index contributed by atoms with van der Waals surface area (Å²) in [5.74, 6) is 2.11. The number of halogens is 1. The molecule has 196 valence electrons. The Balaban J connectivity index is 1.29. The van der Waals surface area contributed by atoms with E-state index < -0.39 is 0 Å². The van der Waals surface area contributed by atoms with Crippen LogP contribution < -0.4 is 5.32 Å². The number of allylic oxidation sites excluding steroid dienone is 3. The highest BCUT2D eigenvalue weighted by atomic mass is 79.9. The Bertz CT molecular complexity index is 1090. The predicted octanol–water partition coefficient (Wildman–Crippen LogP) is 7.00. The average molecular weight is 575 g/mol. The Morgan fingerprint density at radius 3 is 2.72 bits per heavy atom. The van der Waals surface area contributed by atoms with Gasteiger partial charge in [0.05, 0.1) is 15.9 Å².